The molecule has 0 spiro atoms. The highest BCUT2D eigenvalue weighted by Gasteiger charge is 2.13. The van der Waals surface area contributed by atoms with Gasteiger partial charge >= 0.3 is 0 Å². The van der Waals surface area contributed by atoms with Gasteiger partial charge in [0.15, 0.2) is 0 Å². The SMILES string of the molecule is CNc1nc(N(CCO)CCO)c2ccccc2n1. The van der Waals surface area contributed by atoms with Crippen molar-refractivity contribution < 1.29 is 10.2 Å². The van der Waals surface area contributed by atoms with E-state index in [4.69, 9.17) is 10.2 Å². The highest BCUT2D eigenvalue weighted by molar-refractivity contribution is 5.90. The van der Waals surface area contributed by atoms with Crippen molar-refractivity contribution in [1.29, 1.82) is 0 Å². The van der Waals surface area contributed by atoms with Crippen molar-refractivity contribution >= 4 is 22.7 Å². The Morgan fingerprint density at radius 2 is 1.79 bits per heavy atom. The number of benzene rings is 1. The minimum Gasteiger partial charge on any atom is -0.395 e. The number of hydrogen-bond acceptors (Lipinski definition) is 6. The molecule has 0 amide bonds. The number of para-hydroxylation sites is 1. The maximum atomic E-state index is 9.14. The van der Waals surface area contributed by atoms with Crippen LogP contribution in [-0.4, -0.2) is 53.5 Å². The summed E-state index contributed by atoms with van der Waals surface area (Å²) in [5.74, 6) is 1.24. The molecule has 2 rings (SSSR count). The van der Waals surface area contributed by atoms with E-state index in [1.54, 1.807) is 7.05 Å². The van der Waals surface area contributed by atoms with E-state index in [-0.39, 0.29) is 13.2 Å². The number of aromatic nitrogens is 2. The first-order chi connectivity index (χ1) is 9.30. The topological polar surface area (TPSA) is 81.5 Å². The summed E-state index contributed by atoms with van der Waals surface area (Å²) in [5.41, 5.74) is 0.831. The van der Waals surface area contributed by atoms with Crippen LogP contribution < -0.4 is 10.2 Å². The number of aliphatic hydroxyl groups excluding tert-OH is 2. The first-order valence-corrected chi connectivity index (χ1v) is 6.21. The van der Waals surface area contributed by atoms with Crippen LogP contribution >= 0.6 is 0 Å². The molecule has 0 aliphatic rings. The number of fused-ring (bicyclic) bond motifs is 1. The minimum atomic E-state index is 0.00716. The van der Waals surface area contributed by atoms with Gasteiger partial charge in [-0.3, -0.25) is 0 Å². The standard InChI is InChI=1S/C13H18N4O2/c1-14-13-15-11-5-3-2-4-10(11)12(16-13)17(6-8-18)7-9-19/h2-5,18-19H,6-9H2,1H3,(H,14,15,16). The quantitative estimate of drug-likeness (QED) is 0.702. The molecule has 0 aliphatic heterocycles. The molecule has 102 valence electrons. The van der Waals surface area contributed by atoms with Gasteiger partial charge in [0.1, 0.15) is 5.82 Å². The van der Waals surface area contributed by atoms with Crippen molar-refractivity contribution in [2.24, 2.45) is 0 Å². The normalized spacial score (nSPS) is 10.7. The van der Waals surface area contributed by atoms with Crippen LogP contribution in [0.1, 0.15) is 0 Å². The average Bonchev–Trinajstić information content (AvgIpc) is 2.46. The van der Waals surface area contributed by atoms with Crippen LogP contribution in [0.3, 0.4) is 0 Å². The molecule has 0 atom stereocenters. The van der Waals surface area contributed by atoms with E-state index >= 15 is 0 Å². The molecule has 1 aromatic heterocycles. The number of nitrogens with one attached hydrogen (secondary N) is 1. The lowest BCUT2D eigenvalue weighted by Gasteiger charge is -2.23. The Morgan fingerprint density at radius 3 is 2.42 bits per heavy atom. The summed E-state index contributed by atoms with van der Waals surface area (Å²) in [7, 11) is 1.76. The van der Waals surface area contributed by atoms with Gasteiger partial charge in [-0.25, -0.2) is 4.98 Å². The zero-order valence-corrected chi connectivity index (χ0v) is 10.9. The summed E-state index contributed by atoms with van der Waals surface area (Å²) in [6.07, 6.45) is 0. The van der Waals surface area contributed by atoms with E-state index in [1.165, 1.54) is 0 Å². The Balaban J connectivity index is 2.54. The fourth-order valence-electron chi connectivity index (χ4n) is 1.98. The Kier molecular flexibility index (Phi) is 4.48. The second-order valence-corrected chi connectivity index (χ2v) is 4.07. The second-order valence-electron chi connectivity index (χ2n) is 4.07. The third kappa shape index (κ3) is 2.91. The Hall–Kier alpha value is -1.92. The zero-order chi connectivity index (χ0) is 13.7. The van der Waals surface area contributed by atoms with Crippen molar-refractivity contribution in [3.63, 3.8) is 0 Å². The first-order valence-electron chi connectivity index (χ1n) is 6.21. The van der Waals surface area contributed by atoms with Crippen LogP contribution in [0.15, 0.2) is 24.3 Å². The molecule has 0 radical (unpaired) electrons. The molecule has 0 aliphatic carbocycles. The van der Waals surface area contributed by atoms with Crippen molar-refractivity contribution in [2.75, 3.05) is 43.6 Å². The number of anilines is 2. The summed E-state index contributed by atoms with van der Waals surface area (Å²) in [5, 5.41) is 22.1. The molecular weight excluding hydrogens is 244 g/mol. The molecule has 1 aromatic carbocycles. The summed E-state index contributed by atoms with van der Waals surface area (Å²) >= 11 is 0. The lowest BCUT2D eigenvalue weighted by Crippen LogP contribution is -2.30. The molecule has 6 heteroatoms. The van der Waals surface area contributed by atoms with Crippen molar-refractivity contribution in [3.05, 3.63) is 24.3 Å². The molecule has 0 saturated carbocycles. The van der Waals surface area contributed by atoms with Crippen LogP contribution in [-0.2, 0) is 0 Å². The number of hydrogen-bond donors (Lipinski definition) is 3. The van der Waals surface area contributed by atoms with E-state index in [1.807, 2.05) is 29.2 Å². The van der Waals surface area contributed by atoms with Gasteiger partial charge in [0, 0.05) is 25.5 Å². The smallest absolute Gasteiger partial charge is 0.224 e. The average molecular weight is 262 g/mol. The molecular formula is C13H18N4O2. The van der Waals surface area contributed by atoms with Gasteiger partial charge in [0.05, 0.1) is 18.7 Å². The maximum absolute atomic E-state index is 9.14. The molecule has 6 nitrogen and oxygen atoms in total. The van der Waals surface area contributed by atoms with Gasteiger partial charge in [-0.15, -0.1) is 0 Å². The number of nitrogens with zero attached hydrogens (tertiary/aromatic N) is 3. The molecule has 3 N–H and O–H groups in total. The largest absolute Gasteiger partial charge is 0.395 e. The minimum absolute atomic E-state index is 0.00716. The Bertz CT molecular complexity index is 541. The van der Waals surface area contributed by atoms with Crippen LogP contribution in [0.2, 0.25) is 0 Å². The zero-order valence-electron chi connectivity index (χ0n) is 10.9. The van der Waals surface area contributed by atoms with Crippen LogP contribution in [0.5, 0.6) is 0 Å². The summed E-state index contributed by atoms with van der Waals surface area (Å²) in [6, 6.07) is 7.69. The van der Waals surface area contributed by atoms with Gasteiger partial charge in [-0.2, -0.15) is 4.98 Å². The van der Waals surface area contributed by atoms with Gasteiger partial charge in [-0.1, -0.05) is 12.1 Å². The van der Waals surface area contributed by atoms with Crippen LogP contribution in [0, 0.1) is 0 Å². The highest BCUT2D eigenvalue weighted by atomic mass is 16.3. The van der Waals surface area contributed by atoms with E-state index in [2.05, 4.69) is 15.3 Å². The fourth-order valence-corrected chi connectivity index (χ4v) is 1.98. The fraction of sp³-hybridized carbons (Fsp3) is 0.385. The predicted molar refractivity (Wildman–Crippen MR) is 75.5 cm³/mol. The predicted octanol–water partition coefficient (Wildman–Crippen LogP) is 0.462. The third-order valence-electron chi connectivity index (χ3n) is 2.85. The highest BCUT2D eigenvalue weighted by Crippen LogP contribution is 2.24. The van der Waals surface area contributed by atoms with E-state index in [9.17, 15) is 0 Å². The third-order valence-corrected chi connectivity index (χ3v) is 2.85. The van der Waals surface area contributed by atoms with Gasteiger partial charge in [-0.05, 0) is 12.1 Å². The van der Waals surface area contributed by atoms with Crippen LogP contribution in [0.25, 0.3) is 10.9 Å². The van der Waals surface area contributed by atoms with Crippen molar-refractivity contribution in [3.8, 4) is 0 Å². The van der Waals surface area contributed by atoms with Crippen molar-refractivity contribution in [2.45, 2.75) is 0 Å². The lowest BCUT2D eigenvalue weighted by molar-refractivity contribution is 0.281. The Morgan fingerprint density at radius 1 is 1.11 bits per heavy atom. The van der Waals surface area contributed by atoms with Crippen LogP contribution in [0.4, 0.5) is 11.8 Å². The molecule has 19 heavy (non-hydrogen) atoms. The number of rotatable bonds is 6. The maximum Gasteiger partial charge on any atom is 0.224 e. The second kappa shape index (κ2) is 6.31. The molecule has 2 aromatic rings. The van der Waals surface area contributed by atoms with Gasteiger partial charge in [0.25, 0.3) is 0 Å². The van der Waals surface area contributed by atoms with E-state index < -0.39 is 0 Å². The monoisotopic (exact) mass is 262 g/mol. The van der Waals surface area contributed by atoms with Gasteiger partial charge in [0.2, 0.25) is 5.95 Å². The summed E-state index contributed by atoms with van der Waals surface area (Å²) in [6.45, 7) is 0.857. The van der Waals surface area contributed by atoms with Crippen molar-refractivity contribution in [1.82, 2.24) is 9.97 Å². The lowest BCUT2D eigenvalue weighted by atomic mass is 10.2. The van der Waals surface area contributed by atoms with Gasteiger partial charge < -0.3 is 20.4 Å². The molecule has 0 fully saturated rings. The molecule has 0 saturated heterocycles. The molecule has 0 bridgehead atoms. The summed E-state index contributed by atoms with van der Waals surface area (Å²) < 4.78 is 0. The van der Waals surface area contributed by atoms with E-state index in [0.717, 1.165) is 16.7 Å². The Labute approximate surface area is 111 Å². The van der Waals surface area contributed by atoms with E-state index in [0.29, 0.717) is 19.0 Å². The molecule has 0 unspecified atom stereocenters. The summed E-state index contributed by atoms with van der Waals surface area (Å²) in [4.78, 5) is 10.7. The number of aliphatic hydroxyl groups is 2. The first kappa shape index (κ1) is 13.5. The molecule has 1 heterocycles.